The summed E-state index contributed by atoms with van der Waals surface area (Å²) in [6.45, 7) is 6.11. The molecule has 2 heterocycles. The van der Waals surface area contributed by atoms with Crippen LogP contribution in [-0.4, -0.2) is 26.8 Å². The molecule has 0 aliphatic heterocycles. The largest absolute Gasteiger partial charge is 0.347 e. The molecule has 0 aromatic carbocycles. The molecule has 1 amide bonds. The zero-order valence-corrected chi connectivity index (χ0v) is 18.0. The first-order chi connectivity index (χ1) is 14.2. The number of nitriles is 1. The molecule has 0 unspecified atom stereocenters. The van der Waals surface area contributed by atoms with Crippen LogP contribution >= 0.6 is 0 Å². The van der Waals surface area contributed by atoms with E-state index in [9.17, 15) is 27.6 Å². The molecule has 1 aliphatic carbocycles. The number of fused-ring (bicyclic) bond motifs is 1. The fourth-order valence-corrected chi connectivity index (χ4v) is 3.97. The van der Waals surface area contributed by atoms with E-state index >= 15 is 0 Å². The van der Waals surface area contributed by atoms with Gasteiger partial charge in [0.2, 0.25) is 5.92 Å². The number of amides is 1. The number of carbonyl (C=O) groups excluding carboxylic acids is 1. The summed E-state index contributed by atoms with van der Waals surface area (Å²) in [5.74, 6) is -6.67. The minimum Gasteiger partial charge on any atom is -0.347 e. The summed E-state index contributed by atoms with van der Waals surface area (Å²) < 4.78 is 57.1. The molecule has 1 fully saturated rings. The third kappa shape index (κ3) is 5.17. The molecule has 2 aromatic rings. The monoisotopic (exact) mass is 438 g/mol. The van der Waals surface area contributed by atoms with Gasteiger partial charge in [-0.3, -0.25) is 9.20 Å². The lowest BCUT2D eigenvalue weighted by Gasteiger charge is -2.28. The second kappa shape index (κ2) is 7.81. The fourth-order valence-electron chi connectivity index (χ4n) is 3.97. The highest BCUT2D eigenvalue weighted by Crippen LogP contribution is 2.39. The summed E-state index contributed by atoms with van der Waals surface area (Å²) in [6, 6.07) is 4.67. The quantitative estimate of drug-likeness (QED) is 0.666. The summed E-state index contributed by atoms with van der Waals surface area (Å²) in [5, 5.41) is 12.4. The summed E-state index contributed by atoms with van der Waals surface area (Å²) in [7, 11) is 0. The van der Waals surface area contributed by atoms with Crippen molar-refractivity contribution in [3.05, 3.63) is 34.8 Å². The Labute approximate surface area is 178 Å². The SMILES string of the molecule is CC(C)(C)NC(=O)c1cc(C#N)n2c(CC3CCC(F)(F)CC3)c(C(C)(F)F)nc2c1. The highest BCUT2D eigenvalue weighted by Gasteiger charge is 2.38. The zero-order chi connectivity index (χ0) is 23.2. The van der Waals surface area contributed by atoms with Crippen molar-refractivity contribution < 1.29 is 22.4 Å². The summed E-state index contributed by atoms with van der Waals surface area (Å²) in [6.07, 6.45) is -0.0347. The van der Waals surface area contributed by atoms with Crippen LogP contribution in [0.15, 0.2) is 12.1 Å². The van der Waals surface area contributed by atoms with Gasteiger partial charge in [0.1, 0.15) is 23.1 Å². The summed E-state index contributed by atoms with van der Waals surface area (Å²) >= 11 is 0. The van der Waals surface area contributed by atoms with Gasteiger partial charge >= 0.3 is 0 Å². The van der Waals surface area contributed by atoms with Gasteiger partial charge in [-0.25, -0.2) is 13.8 Å². The number of hydrogen-bond donors (Lipinski definition) is 1. The number of nitrogens with one attached hydrogen (secondary N) is 1. The van der Waals surface area contributed by atoms with Crippen molar-refractivity contribution in [2.75, 3.05) is 0 Å². The van der Waals surface area contributed by atoms with Gasteiger partial charge in [0.05, 0.1) is 5.69 Å². The predicted molar refractivity (Wildman–Crippen MR) is 107 cm³/mol. The maximum Gasteiger partial charge on any atom is 0.288 e. The number of pyridine rings is 1. The van der Waals surface area contributed by atoms with Crippen molar-refractivity contribution in [1.29, 1.82) is 5.26 Å². The van der Waals surface area contributed by atoms with Gasteiger partial charge in [-0.15, -0.1) is 0 Å². The maximum atomic E-state index is 14.4. The van der Waals surface area contributed by atoms with Crippen LogP contribution in [0.5, 0.6) is 0 Å². The van der Waals surface area contributed by atoms with Gasteiger partial charge in [0.25, 0.3) is 11.8 Å². The average molecular weight is 438 g/mol. The van der Waals surface area contributed by atoms with Gasteiger partial charge in [0.15, 0.2) is 0 Å². The molecule has 0 atom stereocenters. The van der Waals surface area contributed by atoms with Crippen LogP contribution < -0.4 is 5.32 Å². The number of alkyl halides is 4. The number of hydrogen-bond acceptors (Lipinski definition) is 3. The minimum absolute atomic E-state index is 0.00398. The van der Waals surface area contributed by atoms with E-state index in [1.807, 2.05) is 6.07 Å². The summed E-state index contributed by atoms with van der Waals surface area (Å²) in [5.41, 5.74) is -0.687. The first-order valence-electron chi connectivity index (χ1n) is 10.2. The van der Waals surface area contributed by atoms with Crippen molar-refractivity contribution in [3.63, 3.8) is 0 Å². The third-order valence-corrected chi connectivity index (χ3v) is 5.42. The Morgan fingerprint density at radius 2 is 1.87 bits per heavy atom. The Morgan fingerprint density at radius 3 is 2.39 bits per heavy atom. The van der Waals surface area contributed by atoms with Crippen LogP contribution in [0.3, 0.4) is 0 Å². The standard InChI is InChI=1S/C22H26F4N4O/c1-20(2,3)29-19(31)14-10-15(12-27)30-16(9-13-5-7-22(25,26)8-6-13)18(21(4,23)24)28-17(30)11-14/h10-11,13H,5-9H2,1-4H3,(H,29,31). The van der Waals surface area contributed by atoms with E-state index in [1.54, 1.807) is 20.8 Å². The van der Waals surface area contributed by atoms with Crippen molar-refractivity contribution in [3.8, 4) is 6.07 Å². The van der Waals surface area contributed by atoms with E-state index in [-0.39, 0.29) is 60.6 Å². The molecule has 0 radical (unpaired) electrons. The number of imidazole rings is 1. The van der Waals surface area contributed by atoms with E-state index in [2.05, 4.69) is 10.3 Å². The van der Waals surface area contributed by atoms with Crippen LogP contribution in [0, 0.1) is 17.2 Å². The van der Waals surface area contributed by atoms with Crippen molar-refractivity contribution >= 4 is 11.6 Å². The number of nitrogens with zero attached hydrogens (tertiary/aromatic N) is 3. The molecule has 0 spiro atoms. The van der Waals surface area contributed by atoms with Gasteiger partial charge in [0, 0.05) is 30.9 Å². The van der Waals surface area contributed by atoms with E-state index in [0.717, 1.165) is 0 Å². The highest BCUT2D eigenvalue weighted by molar-refractivity contribution is 5.96. The first-order valence-corrected chi connectivity index (χ1v) is 10.2. The smallest absolute Gasteiger partial charge is 0.288 e. The van der Waals surface area contributed by atoms with Crippen LogP contribution in [0.4, 0.5) is 17.6 Å². The van der Waals surface area contributed by atoms with Crippen LogP contribution in [-0.2, 0) is 12.3 Å². The Balaban J connectivity index is 2.08. The van der Waals surface area contributed by atoms with Gasteiger partial charge < -0.3 is 5.32 Å². The van der Waals surface area contributed by atoms with Crippen LogP contribution in [0.2, 0.25) is 0 Å². The number of rotatable bonds is 4. The molecule has 31 heavy (non-hydrogen) atoms. The lowest BCUT2D eigenvalue weighted by atomic mass is 9.83. The van der Waals surface area contributed by atoms with Gasteiger partial charge in [-0.2, -0.15) is 14.0 Å². The molecule has 9 heteroatoms. The number of aromatic nitrogens is 2. The predicted octanol–water partition coefficient (Wildman–Crippen LogP) is 5.21. The zero-order valence-electron chi connectivity index (χ0n) is 18.0. The summed E-state index contributed by atoms with van der Waals surface area (Å²) in [4.78, 5) is 16.6. The van der Waals surface area contributed by atoms with Gasteiger partial charge in [-0.1, -0.05) is 0 Å². The van der Waals surface area contributed by atoms with E-state index in [0.29, 0.717) is 6.92 Å². The number of carbonyl (C=O) groups is 1. The molecule has 168 valence electrons. The molecule has 2 aromatic heterocycles. The van der Waals surface area contributed by atoms with E-state index < -0.39 is 29.0 Å². The molecule has 0 bridgehead atoms. The second-order valence-corrected chi connectivity index (χ2v) is 9.44. The Kier molecular flexibility index (Phi) is 5.80. The minimum atomic E-state index is -3.29. The van der Waals surface area contributed by atoms with Gasteiger partial charge in [-0.05, 0) is 58.1 Å². The van der Waals surface area contributed by atoms with E-state index in [4.69, 9.17) is 0 Å². The van der Waals surface area contributed by atoms with E-state index in [1.165, 1.54) is 16.5 Å². The Hall–Kier alpha value is -2.63. The lowest BCUT2D eigenvalue weighted by molar-refractivity contribution is -0.0460. The molecule has 3 rings (SSSR count). The first kappa shape index (κ1) is 23.0. The normalized spacial score (nSPS) is 17.5. The van der Waals surface area contributed by atoms with Crippen LogP contribution in [0.1, 0.15) is 80.8 Å². The Bertz CT molecular complexity index is 1030. The Morgan fingerprint density at radius 1 is 1.26 bits per heavy atom. The molecular formula is C22H26F4N4O. The third-order valence-electron chi connectivity index (χ3n) is 5.42. The van der Waals surface area contributed by atoms with Crippen molar-refractivity contribution in [2.24, 2.45) is 5.92 Å². The fraction of sp³-hybridized carbons (Fsp3) is 0.591. The molecule has 1 N–H and O–H groups in total. The molecule has 1 saturated carbocycles. The second-order valence-electron chi connectivity index (χ2n) is 9.44. The topological polar surface area (TPSA) is 70.2 Å². The molecule has 5 nitrogen and oxygen atoms in total. The lowest BCUT2D eigenvalue weighted by Crippen LogP contribution is -2.40. The molecule has 1 aliphatic rings. The van der Waals surface area contributed by atoms with Crippen molar-refractivity contribution in [2.45, 2.75) is 77.2 Å². The molecule has 0 saturated heterocycles. The molecular weight excluding hydrogens is 412 g/mol. The van der Waals surface area contributed by atoms with Crippen LogP contribution in [0.25, 0.3) is 5.65 Å². The number of halogens is 4. The van der Waals surface area contributed by atoms with Crippen molar-refractivity contribution in [1.82, 2.24) is 14.7 Å². The maximum absolute atomic E-state index is 14.4. The highest BCUT2D eigenvalue weighted by atomic mass is 19.3. The average Bonchev–Trinajstić information content (AvgIpc) is 3.00.